The van der Waals surface area contributed by atoms with E-state index in [2.05, 4.69) is 22.2 Å². The molecule has 1 aromatic heterocycles. The molecule has 0 aliphatic heterocycles. The molecule has 6 heteroatoms. The van der Waals surface area contributed by atoms with Crippen molar-refractivity contribution in [3.8, 4) is 0 Å². The molecule has 0 atom stereocenters. The van der Waals surface area contributed by atoms with Crippen LogP contribution in [0.15, 0.2) is 12.4 Å². The molecule has 0 bridgehead atoms. The molecule has 24 heavy (non-hydrogen) atoms. The van der Waals surface area contributed by atoms with Crippen molar-refractivity contribution in [3.63, 3.8) is 0 Å². The Morgan fingerprint density at radius 3 is 2.46 bits per heavy atom. The van der Waals surface area contributed by atoms with Crippen molar-refractivity contribution >= 4 is 11.8 Å². The molecule has 1 rings (SSSR count). The SMILES string of the molecule is CCCCCCNC(=O)CCN(CCC)C(=O)c1cnc(C)cn1. The predicted octanol–water partition coefficient (Wildman–Crippen LogP) is 2.72. The monoisotopic (exact) mass is 334 g/mol. The van der Waals surface area contributed by atoms with Crippen molar-refractivity contribution in [1.82, 2.24) is 20.2 Å². The maximum atomic E-state index is 12.5. The summed E-state index contributed by atoms with van der Waals surface area (Å²) >= 11 is 0. The van der Waals surface area contributed by atoms with Gasteiger partial charge in [0.1, 0.15) is 5.69 Å². The summed E-state index contributed by atoms with van der Waals surface area (Å²) in [6, 6.07) is 0. The highest BCUT2D eigenvalue weighted by molar-refractivity contribution is 5.92. The Bertz CT molecular complexity index is 502. The highest BCUT2D eigenvalue weighted by Crippen LogP contribution is 2.04. The Morgan fingerprint density at radius 2 is 1.83 bits per heavy atom. The number of unbranched alkanes of at least 4 members (excludes halogenated alkanes) is 3. The normalized spacial score (nSPS) is 10.5. The van der Waals surface area contributed by atoms with Gasteiger partial charge < -0.3 is 10.2 Å². The average molecular weight is 334 g/mol. The van der Waals surface area contributed by atoms with E-state index < -0.39 is 0 Å². The molecule has 1 N–H and O–H groups in total. The summed E-state index contributed by atoms with van der Waals surface area (Å²) in [6.45, 7) is 7.73. The Kier molecular flexibility index (Phi) is 9.65. The van der Waals surface area contributed by atoms with Crippen molar-refractivity contribution < 1.29 is 9.59 Å². The topological polar surface area (TPSA) is 75.2 Å². The molecule has 1 heterocycles. The van der Waals surface area contributed by atoms with Crippen LogP contribution in [-0.2, 0) is 4.79 Å². The number of carbonyl (C=O) groups excluding carboxylic acids is 2. The van der Waals surface area contributed by atoms with Crippen molar-refractivity contribution in [2.45, 2.75) is 59.3 Å². The maximum absolute atomic E-state index is 12.5. The second-order valence-electron chi connectivity index (χ2n) is 6.00. The number of carbonyl (C=O) groups is 2. The zero-order valence-corrected chi connectivity index (χ0v) is 15.2. The van der Waals surface area contributed by atoms with Crippen LogP contribution in [0.3, 0.4) is 0 Å². The van der Waals surface area contributed by atoms with Gasteiger partial charge in [-0.15, -0.1) is 0 Å². The minimum atomic E-state index is -0.167. The smallest absolute Gasteiger partial charge is 0.274 e. The number of hydrogen-bond acceptors (Lipinski definition) is 4. The molecule has 0 unspecified atom stereocenters. The van der Waals surface area contributed by atoms with Gasteiger partial charge in [-0.2, -0.15) is 0 Å². The van der Waals surface area contributed by atoms with Gasteiger partial charge in [-0.1, -0.05) is 33.1 Å². The summed E-state index contributed by atoms with van der Waals surface area (Å²) < 4.78 is 0. The first-order chi connectivity index (χ1) is 11.6. The van der Waals surface area contributed by atoms with E-state index in [9.17, 15) is 9.59 Å². The zero-order chi connectivity index (χ0) is 17.8. The molecular weight excluding hydrogens is 304 g/mol. The number of aryl methyl sites for hydroxylation is 1. The summed E-state index contributed by atoms with van der Waals surface area (Å²) in [4.78, 5) is 34.3. The van der Waals surface area contributed by atoms with Crippen molar-refractivity contribution in [2.75, 3.05) is 19.6 Å². The lowest BCUT2D eigenvalue weighted by Gasteiger charge is -2.21. The van der Waals surface area contributed by atoms with Gasteiger partial charge in [0.25, 0.3) is 5.91 Å². The summed E-state index contributed by atoms with van der Waals surface area (Å²) in [5, 5.41) is 2.92. The molecule has 1 aromatic rings. The fourth-order valence-corrected chi connectivity index (χ4v) is 2.35. The molecule has 2 amide bonds. The third kappa shape index (κ3) is 7.53. The number of amides is 2. The summed E-state index contributed by atoms with van der Waals surface area (Å²) in [5.74, 6) is -0.171. The summed E-state index contributed by atoms with van der Waals surface area (Å²) in [6.07, 6.45) is 8.77. The number of nitrogens with one attached hydrogen (secondary N) is 1. The second kappa shape index (κ2) is 11.5. The van der Waals surface area contributed by atoms with Crippen molar-refractivity contribution in [2.24, 2.45) is 0 Å². The van der Waals surface area contributed by atoms with E-state index in [1.54, 1.807) is 11.1 Å². The third-order valence-electron chi connectivity index (χ3n) is 3.74. The van der Waals surface area contributed by atoms with Crippen LogP contribution >= 0.6 is 0 Å². The Hall–Kier alpha value is -1.98. The molecule has 0 aromatic carbocycles. The molecule has 0 saturated carbocycles. The van der Waals surface area contributed by atoms with Gasteiger partial charge >= 0.3 is 0 Å². The van der Waals surface area contributed by atoms with Crippen LogP contribution < -0.4 is 5.32 Å². The van der Waals surface area contributed by atoms with E-state index in [-0.39, 0.29) is 11.8 Å². The van der Waals surface area contributed by atoms with E-state index in [4.69, 9.17) is 0 Å². The van der Waals surface area contributed by atoms with Crippen molar-refractivity contribution in [1.29, 1.82) is 0 Å². The third-order valence-corrected chi connectivity index (χ3v) is 3.74. The summed E-state index contributed by atoms with van der Waals surface area (Å²) in [5.41, 5.74) is 1.10. The quantitative estimate of drug-likeness (QED) is 0.631. The van der Waals surface area contributed by atoms with Crippen LogP contribution in [0.1, 0.15) is 68.6 Å². The van der Waals surface area contributed by atoms with Gasteiger partial charge in [-0.05, 0) is 19.8 Å². The van der Waals surface area contributed by atoms with E-state index >= 15 is 0 Å². The molecule has 0 fully saturated rings. The predicted molar refractivity (Wildman–Crippen MR) is 94.7 cm³/mol. The van der Waals surface area contributed by atoms with Gasteiger partial charge in [0.2, 0.25) is 5.91 Å². The standard InChI is InChI=1S/C18H30N4O2/c1-4-6-7-8-10-19-17(23)9-12-22(11-5-2)18(24)16-14-20-15(3)13-21-16/h13-14H,4-12H2,1-3H3,(H,19,23). The minimum Gasteiger partial charge on any atom is -0.356 e. The van der Waals surface area contributed by atoms with Crippen LogP contribution in [0.2, 0.25) is 0 Å². The molecular formula is C18H30N4O2. The molecule has 0 spiro atoms. The van der Waals surface area contributed by atoms with E-state index in [0.29, 0.717) is 31.7 Å². The molecule has 0 saturated heterocycles. The Labute approximate surface area is 145 Å². The van der Waals surface area contributed by atoms with E-state index in [0.717, 1.165) is 25.0 Å². The van der Waals surface area contributed by atoms with Gasteiger partial charge in [0.15, 0.2) is 0 Å². The fraction of sp³-hybridized carbons (Fsp3) is 0.667. The van der Waals surface area contributed by atoms with Gasteiger partial charge in [-0.25, -0.2) is 4.98 Å². The lowest BCUT2D eigenvalue weighted by Crippen LogP contribution is -2.36. The lowest BCUT2D eigenvalue weighted by molar-refractivity contribution is -0.121. The molecule has 6 nitrogen and oxygen atoms in total. The first-order valence-corrected chi connectivity index (χ1v) is 8.93. The highest BCUT2D eigenvalue weighted by Gasteiger charge is 2.17. The zero-order valence-electron chi connectivity index (χ0n) is 15.2. The minimum absolute atomic E-state index is 0.00427. The molecule has 134 valence electrons. The highest BCUT2D eigenvalue weighted by atomic mass is 16.2. The van der Waals surface area contributed by atoms with Crippen LogP contribution in [-0.4, -0.2) is 46.3 Å². The first-order valence-electron chi connectivity index (χ1n) is 8.93. The van der Waals surface area contributed by atoms with E-state index in [1.807, 2.05) is 13.8 Å². The van der Waals surface area contributed by atoms with Crippen LogP contribution in [0.4, 0.5) is 0 Å². The number of rotatable bonds is 11. The second-order valence-corrected chi connectivity index (χ2v) is 6.00. The maximum Gasteiger partial charge on any atom is 0.274 e. The largest absolute Gasteiger partial charge is 0.356 e. The fourth-order valence-electron chi connectivity index (χ4n) is 2.35. The van der Waals surface area contributed by atoms with Crippen LogP contribution in [0.5, 0.6) is 0 Å². The Morgan fingerprint density at radius 1 is 1.04 bits per heavy atom. The lowest BCUT2D eigenvalue weighted by atomic mass is 10.2. The van der Waals surface area contributed by atoms with Gasteiger partial charge in [0, 0.05) is 32.3 Å². The average Bonchev–Trinajstić information content (AvgIpc) is 2.58. The molecule has 0 aliphatic rings. The molecule has 0 radical (unpaired) electrons. The molecule has 0 aliphatic carbocycles. The number of hydrogen-bond donors (Lipinski definition) is 1. The van der Waals surface area contributed by atoms with E-state index in [1.165, 1.54) is 19.0 Å². The first kappa shape index (κ1) is 20.1. The van der Waals surface area contributed by atoms with Crippen LogP contribution in [0, 0.1) is 6.92 Å². The van der Waals surface area contributed by atoms with Gasteiger partial charge in [0.05, 0.1) is 11.9 Å². The van der Waals surface area contributed by atoms with Crippen LogP contribution in [0.25, 0.3) is 0 Å². The Balaban J connectivity index is 2.43. The number of nitrogens with zero attached hydrogens (tertiary/aromatic N) is 3. The number of aromatic nitrogens is 2. The van der Waals surface area contributed by atoms with Crippen molar-refractivity contribution in [3.05, 3.63) is 23.8 Å². The summed E-state index contributed by atoms with van der Waals surface area (Å²) in [7, 11) is 0. The van der Waals surface area contributed by atoms with Gasteiger partial charge in [-0.3, -0.25) is 14.6 Å².